The van der Waals surface area contributed by atoms with Crippen molar-refractivity contribution in [1.29, 1.82) is 0 Å². The molecular weight excluding hydrogens is 523 g/mol. The van der Waals surface area contributed by atoms with Crippen molar-refractivity contribution in [3.63, 3.8) is 0 Å². The minimum Gasteiger partial charge on any atom is -0.473 e. The molecule has 10 nitrogen and oxygen atoms in total. The van der Waals surface area contributed by atoms with E-state index < -0.39 is 27.4 Å². The predicted octanol–water partition coefficient (Wildman–Crippen LogP) is 3.66. The van der Waals surface area contributed by atoms with Crippen molar-refractivity contribution in [3.8, 4) is 5.88 Å². The maximum atomic E-state index is 14.7. The molecule has 2 aliphatic heterocycles. The topological polar surface area (TPSA) is 119 Å². The van der Waals surface area contributed by atoms with Gasteiger partial charge in [-0.15, -0.1) is 0 Å². The van der Waals surface area contributed by atoms with E-state index in [0.29, 0.717) is 54.7 Å². The Morgan fingerprint density at radius 1 is 1.19 bits per heavy atom. The van der Waals surface area contributed by atoms with Gasteiger partial charge in [-0.2, -0.15) is 0 Å². The van der Waals surface area contributed by atoms with Gasteiger partial charge < -0.3 is 19.7 Å². The monoisotopic (exact) mass is 550 g/mol. The highest BCUT2D eigenvalue weighted by atomic mass is 35.5. The molecule has 1 fully saturated rings. The minimum absolute atomic E-state index is 0.0238. The van der Waals surface area contributed by atoms with Crippen LogP contribution in [0, 0.1) is 5.82 Å². The van der Waals surface area contributed by atoms with E-state index in [1.54, 1.807) is 27.7 Å². The first kappa shape index (κ1) is 25.8. The number of nitrogens with zero attached hydrogens (tertiary/aromatic N) is 4. The zero-order chi connectivity index (χ0) is 26.5. The molecule has 0 amide bonds. The van der Waals surface area contributed by atoms with Crippen LogP contribution in [-0.4, -0.2) is 61.3 Å². The number of morpholine rings is 1. The molecule has 0 saturated carbocycles. The van der Waals surface area contributed by atoms with Gasteiger partial charge in [0.05, 0.1) is 42.0 Å². The molecule has 3 aromatic rings. The standard InChI is InChI=1S/C24H28ClFN6O4S/c1-13(27-17-5-6-19(25)29-23(17)37(33,34)31-24(2,3)4)16-9-14(26)10-18-20(16)30-21-22(28-18)36-12-15-11-35-8-7-32(15)21/h5-6,9-10,13,15,27,31H,7-8,11-12H2,1-4H3/t13-,15+/m1/s1. The third-order valence-corrected chi connectivity index (χ3v) is 7.90. The van der Waals surface area contributed by atoms with E-state index in [9.17, 15) is 12.8 Å². The second-order valence-electron chi connectivity index (χ2n) is 10.2. The predicted molar refractivity (Wildman–Crippen MR) is 138 cm³/mol. The Morgan fingerprint density at radius 3 is 2.73 bits per heavy atom. The summed E-state index contributed by atoms with van der Waals surface area (Å²) in [4.78, 5) is 15.6. The van der Waals surface area contributed by atoms with Crippen molar-refractivity contribution in [1.82, 2.24) is 19.7 Å². The number of ether oxygens (including phenoxy) is 2. The number of fused-ring (bicyclic) bond motifs is 4. The summed E-state index contributed by atoms with van der Waals surface area (Å²) in [6.45, 7) is 9.11. The quantitative estimate of drug-likeness (QED) is 0.459. The normalized spacial score (nSPS) is 18.6. The van der Waals surface area contributed by atoms with E-state index in [1.807, 2.05) is 0 Å². The highest BCUT2D eigenvalue weighted by molar-refractivity contribution is 7.89. The summed E-state index contributed by atoms with van der Waals surface area (Å²) in [5, 5.41) is 2.94. The molecule has 1 aromatic carbocycles. The lowest BCUT2D eigenvalue weighted by Gasteiger charge is -2.39. The summed E-state index contributed by atoms with van der Waals surface area (Å²) in [6.07, 6.45) is 0. The highest BCUT2D eigenvalue weighted by Gasteiger charge is 2.34. The largest absolute Gasteiger partial charge is 0.473 e. The van der Waals surface area contributed by atoms with Gasteiger partial charge in [0.25, 0.3) is 15.9 Å². The molecule has 198 valence electrons. The van der Waals surface area contributed by atoms with Crippen molar-refractivity contribution in [2.75, 3.05) is 36.6 Å². The molecule has 2 N–H and O–H groups in total. The summed E-state index contributed by atoms with van der Waals surface area (Å²) in [6, 6.07) is 5.15. The van der Waals surface area contributed by atoms with Gasteiger partial charge in [-0.05, 0) is 45.9 Å². The van der Waals surface area contributed by atoms with Gasteiger partial charge in [-0.3, -0.25) is 0 Å². The first-order valence-electron chi connectivity index (χ1n) is 11.9. The van der Waals surface area contributed by atoms with Gasteiger partial charge in [-0.25, -0.2) is 32.5 Å². The molecule has 2 aromatic heterocycles. The Bertz CT molecular complexity index is 1470. The molecule has 0 unspecified atom stereocenters. The molecule has 0 aliphatic carbocycles. The van der Waals surface area contributed by atoms with Crippen LogP contribution in [0.5, 0.6) is 5.88 Å². The lowest BCUT2D eigenvalue weighted by molar-refractivity contribution is 0.0686. The Labute approximate surface area is 219 Å². The third kappa shape index (κ3) is 5.28. The van der Waals surface area contributed by atoms with Gasteiger partial charge in [0.15, 0.2) is 10.8 Å². The van der Waals surface area contributed by atoms with Crippen LogP contribution in [0.1, 0.15) is 39.3 Å². The molecule has 1 saturated heterocycles. The smallest absolute Gasteiger partial charge is 0.260 e. The zero-order valence-electron chi connectivity index (χ0n) is 20.9. The summed E-state index contributed by atoms with van der Waals surface area (Å²) in [5.74, 6) is 0.436. The zero-order valence-corrected chi connectivity index (χ0v) is 22.5. The van der Waals surface area contributed by atoms with E-state index in [0.717, 1.165) is 0 Å². The number of benzene rings is 1. The lowest BCUT2D eigenvalue weighted by atomic mass is 10.1. The van der Waals surface area contributed by atoms with Crippen molar-refractivity contribution >= 4 is 44.2 Å². The second kappa shape index (κ2) is 9.50. The first-order valence-corrected chi connectivity index (χ1v) is 13.7. The maximum absolute atomic E-state index is 14.7. The molecule has 2 aliphatic rings. The van der Waals surface area contributed by atoms with Crippen LogP contribution in [0.25, 0.3) is 11.0 Å². The molecule has 5 rings (SSSR count). The minimum atomic E-state index is -4.02. The van der Waals surface area contributed by atoms with Crippen LogP contribution in [0.4, 0.5) is 15.9 Å². The fourth-order valence-corrected chi connectivity index (χ4v) is 6.22. The number of nitrogens with one attached hydrogen (secondary N) is 2. The Morgan fingerprint density at radius 2 is 1.97 bits per heavy atom. The number of aromatic nitrogens is 3. The Hall–Kier alpha value is -2.80. The molecule has 13 heteroatoms. The maximum Gasteiger partial charge on any atom is 0.260 e. The summed E-state index contributed by atoms with van der Waals surface area (Å²) in [7, 11) is -4.02. The Kier molecular flexibility index (Phi) is 6.63. The van der Waals surface area contributed by atoms with E-state index in [2.05, 4.69) is 24.9 Å². The van der Waals surface area contributed by atoms with Crippen molar-refractivity contribution in [2.45, 2.75) is 50.3 Å². The van der Waals surface area contributed by atoms with Crippen molar-refractivity contribution in [2.24, 2.45) is 0 Å². The van der Waals surface area contributed by atoms with Gasteiger partial charge in [0.1, 0.15) is 17.6 Å². The molecule has 4 heterocycles. The Balaban J connectivity index is 1.55. The lowest BCUT2D eigenvalue weighted by Crippen LogP contribution is -2.51. The number of anilines is 2. The number of halogens is 2. The van der Waals surface area contributed by atoms with Crippen molar-refractivity contribution in [3.05, 3.63) is 40.8 Å². The fourth-order valence-electron chi connectivity index (χ4n) is 4.48. The third-order valence-electron chi connectivity index (χ3n) is 5.99. The van der Waals surface area contributed by atoms with E-state index in [4.69, 9.17) is 26.1 Å². The van der Waals surface area contributed by atoms with E-state index >= 15 is 0 Å². The second-order valence-corrected chi connectivity index (χ2v) is 12.1. The molecule has 37 heavy (non-hydrogen) atoms. The van der Waals surface area contributed by atoms with E-state index in [-0.39, 0.29) is 21.9 Å². The average Bonchev–Trinajstić information content (AvgIpc) is 2.81. The molecule has 0 radical (unpaired) electrons. The molecule has 0 spiro atoms. The molecular formula is C24H28ClFN6O4S. The van der Waals surface area contributed by atoms with Crippen LogP contribution >= 0.6 is 11.6 Å². The molecule has 0 bridgehead atoms. The van der Waals surface area contributed by atoms with Gasteiger partial charge in [0, 0.05) is 23.7 Å². The fraction of sp³-hybridized carbons (Fsp3) is 0.458. The summed E-state index contributed by atoms with van der Waals surface area (Å²) < 4.78 is 54.9. The van der Waals surface area contributed by atoms with E-state index in [1.165, 1.54) is 24.3 Å². The average molecular weight is 551 g/mol. The SMILES string of the molecule is C[C@@H](Nc1ccc(Cl)nc1S(=O)(=O)NC(C)(C)C)c1cc(F)cc2nc3c(nc12)N1CCOC[C@H]1CO3. The number of hydrogen-bond donors (Lipinski definition) is 2. The van der Waals surface area contributed by atoms with Crippen LogP contribution in [-0.2, 0) is 14.8 Å². The van der Waals surface area contributed by atoms with Gasteiger partial charge in [0.2, 0.25) is 0 Å². The molecule has 2 atom stereocenters. The van der Waals surface area contributed by atoms with Crippen LogP contribution < -0.4 is 19.7 Å². The van der Waals surface area contributed by atoms with Gasteiger partial charge in [-0.1, -0.05) is 11.6 Å². The van der Waals surface area contributed by atoms with Crippen LogP contribution in [0.15, 0.2) is 29.3 Å². The number of pyridine rings is 1. The van der Waals surface area contributed by atoms with Crippen molar-refractivity contribution < 1.29 is 22.3 Å². The summed E-state index contributed by atoms with van der Waals surface area (Å²) >= 11 is 6.05. The number of sulfonamides is 1. The first-order chi connectivity index (χ1) is 17.4. The van der Waals surface area contributed by atoms with Crippen LogP contribution in [0.2, 0.25) is 5.15 Å². The number of rotatable bonds is 5. The van der Waals surface area contributed by atoms with Crippen LogP contribution in [0.3, 0.4) is 0 Å². The number of hydrogen-bond acceptors (Lipinski definition) is 9. The summed E-state index contributed by atoms with van der Waals surface area (Å²) in [5.41, 5.74) is 0.801. The van der Waals surface area contributed by atoms with Gasteiger partial charge >= 0.3 is 0 Å². The highest BCUT2D eigenvalue weighted by Crippen LogP contribution is 2.36.